The topological polar surface area (TPSA) is 38.0 Å². The highest BCUT2D eigenvalue weighted by Crippen LogP contribution is 2.29. The van der Waals surface area contributed by atoms with E-state index in [1.807, 2.05) is 18.2 Å². The van der Waals surface area contributed by atoms with E-state index in [9.17, 15) is 0 Å². The van der Waals surface area contributed by atoms with Gasteiger partial charge in [-0.05, 0) is 37.0 Å². The molecule has 1 saturated carbocycles. The van der Waals surface area contributed by atoms with Crippen molar-refractivity contribution in [2.24, 2.45) is 5.92 Å². The van der Waals surface area contributed by atoms with Gasteiger partial charge in [0.05, 0.1) is 0 Å². The number of benzene rings is 1. The van der Waals surface area contributed by atoms with Crippen LogP contribution in [0.3, 0.4) is 0 Å². The summed E-state index contributed by atoms with van der Waals surface area (Å²) < 4.78 is 0. The van der Waals surface area contributed by atoms with Crippen molar-refractivity contribution in [3.63, 3.8) is 0 Å². The Hall–Kier alpha value is -1.18. The fraction of sp³-hybridized carbons (Fsp3) is 0.400. The zero-order valence-corrected chi connectivity index (χ0v) is 7.09. The van der Waals surface area contributed by atoms with Crippen LogP contribution >= 0.6 is 0 Å². The lowest BCUT2D eigenvalue weighted by Crippen LogP contribution is -2.03. The predicted octanol–water partition coefficient (Wildman–Crippen LogP) is 2.09. The van der Waals surface area contributed by atoms with E-state index in [1.165, 1.54) is 12.8 Å². The molecule has 0 atom stereocenters. The van der Waals surface area contributed by atoms with Crippen molar-refractivity contribution in [3.05, 3.63) is 24.3 Å². The van der Waals surface area contributed by atoms with Crippen LogP contribution in [0, 0.1) is 5.92 Å². The molecule has 12 heavy (non-hydrogen) atoms. The lowest BCUT2D eigenvalue weighted by Gasteiger charge is -2.04. The van der Waals surface area contributed by atoms with E-state index in [1.54, 1.807) is 0 Å². The van der Waals surface area contributed by atoms with Crippen molar-refractivity contribution < 1.29 is 0 Å². The Balaban J connectivity index is 1.92. The van der Waals surface area contributed by atoms with Crippen molar-refractivity contribution in [1.82, 2.24) is 0 Å². The number of hydrogen-bond acceptors (Lipinski definition) is 2. The van der Waals surface area contributed by atoms with E-state index >= 15 is 0 Å². The first-order chi connectivity index (χ1) is 5.84. The Bertz CT molecular complexity index is 266. The molecule has 1 aliphatic rings. The van der Waals surface area contributed by atoms with Gasteiger partial charge < -0.3 is 11.1 Å². The fourth-order valence-electron chi connectivity index (χ4n) is 1.23. The largest absolute Gasteiger partial charge is 0.399 e. The van der Waals surface area contributed by atoms with E-state index in [4.69, 9.17) is 5.73 Å². The lowest BCUT2D eigenvalue weighted by molar-refractivity contribution is 0.889. The Morgan fingerprint density at radius 1 is 1.42 bits per heavy atom. The number of rotatable bonds is 3. The highest BCUT2D eigenvalue weighted by molar-refractivity contribution is 5.54. The summed E-state index contributed by atoms with van der Waals surface area (Å²) in [6, 6.07) is 7.91. The molecule has 64 valence electrons. The summed E-state index contributed by atoms with van der Waals surface area (Å²) >= 11 is 0. The van der Waals surface area contributed by atoms with Gasteiger partial charge in [0.25, 0.3) is 0 Å². The molecule has 2 rings (SSSR count). The molecule has 3 N–H and O–H groups in total. The number of nitrogens with one attached hydrogen (secondary N) is 1. The summed E-state index contributed by atoms with van der Waals surface area (Å²) in [5, 5.41) is 3.37. The molecule has 2 nitrogen and oxygen atoms in total. The van der Waals surface area contributed by atoms with Crippen molar-refractivity contribution >= 4 is 11.4 Å². The molecule has 0 saturated heterocycles. The highest BCUT2D eigenvalue weighted by atomic mass is 14.9. The number of nitrogen functional groups attached to an aromatic ring is 1. The van der Waals surface area contributed by atoms with Gasteiger partial charge in [0, 0.05) is 17.9 Å². The first-order valence-corrected chi connectivity index (χ1v) is 4.44. The van der Waals surface area contributed by atoms with Gasteiger partial charge in [-0.25, -0.2) is 0 Å². The second kappa shape index (κ2) is 3.05. The van der Waals surface area contributed by atoms with Crippen LogP contribution in [0.4, 0.5) is 11.4 Å². The van der Waals surface area contributed by atoms with Gasteiger partial charge in [-0.2, -0.15) is 0 Å². The maximum atomic E-state index is 5.64. The first-order valence-electron chi connectivity index (χ1n) is 4.44. The maximum Gasteiger partial charge on any atom is 0.0360 e. The summed E-state index contributed by atoms with van der Waals surface area (Å²) in [4.78, 5) is 0. The predicted molar refractivity (Wildman–Crippen MR) is 52.1 cm³/mol. The first kappa shape index (κ1) is 7.47. The van der Waals surface area contributed by atoms with Crippen LogP contribution in [0.25, 0.3) is 0 Å². The van der Waals surface area contributed by atoms with Crippen LogP contribution in [0.5, 0.6) is 0 Å². The lowest BCUT2D eigenvalue weighted by atomic mass is 10.3. The van der Waals surface area contributed by atoms with Gasteiger partial charge in [-0.3, -0.25) is 0 Å². The number of hydrogen-bond donors (Lipinski definition) is 2. The number of nitrogens with two attached hydrogens (primary N) is 1. The van der Waals surface area contributed by atoms with E-state index in [0.717, 1.165) is 23.8 Å². The molecule has 1 aromatic rings. The summed E-state index contributed by atoms with van der Waals surface area (Å²) in [6.45, 7) is 1.10. The van der Waals surface area contributed by atoms with E-state index < -0.39 is 0 Å². The van der Waals surface area contributed by atoms with Gasteiger partial charge in [0.15, 0.2) is 0 Å². The van der Waals surface area contributed by atoms with Crippen molar-refractivity contribution in [1.29, 1.82) is 0 Å². The smallest absolute Gasteiger partial charge is 0.0360 e. The third-order valence-corrected chi connectivity index (χ3v) is 2.18. The van der Waals surface area contributed by atoms with Crippen LogP contribution in [0.15, 0.2) is 24.3 Å². The van der Waals surface area contributed by atoms with Gasteiger partial charge in [-0.1, -0.05) is 6.07 Å². The molecular formula is C10H14N2. The molecule has 1 fully saturated rings. The Kier molecular flexibility index (Phi) is 1.90. The molecule has 1 aromatic carbocycles. The van der Waals surface area contributed by atoms with Gasteiger partial charge in [-0.15, -0.1) is 0 Å². The zero-order chi connectivity index (χ0) is 8.39. The second-order valence-corrected chi connectivity index (χ2v) is 3.45. The standard InChI is InChI=1S/C10H14N2/c11-9-2-1-3-10(6-9)12-7-8-4-5-8/h1-3,6,8,12H,4-5,7,11H2. The third-order valence-electron chi connectivity index (χ3n) is 2.18. The normalized spacial score (nSPS) is 16.0. The van der Waals surface area contributed by atoms with Crippen LogP contribution in [-0.2, 0) is 0 Å². The Morgan fingerprint density at radius 3 is 2.92 bits per heavy atom. The van der Waals surface area contributed by atoms with Gasteiger partial charge >= 0.3 is 0 Å². The molecule has 1 aliphatic carbocycles. The van der Waals surface area contributed by atoms with Crippen LogP contribution in [0.2, 0.25) is 0 Å². The third kappa shape index (κ3) is 1.91. The minimum Gasteiger partial charge on any atom is -0.399 e. The van der Waals surface area contributed by atoms with Crippen LogP contribution < -0.4 is 11.1 Å². The average Bonchev–Trinajstić information content (AvgIpc) is 2.84. The van der Waals surface area contributed by atoms with Gasteiger partial charge in [0.1, 0.15) is 0 Å². The van der Waals surface area contributed by atoms with E-state index in [0.29, 0.717) is 0 Å². The van der Waals surface area contributed by atoms with Crippen LogP contribution in [-0.4, -0.2) is 6.54 Å². The molecule has 0 spiro atoms. The Labute approximate surface area is 72.8 Å². The maximum absolute atomic E-state index is 5.64. The summed E-state index contributed by atoms with van der Waals surface area (Å²) in [5.74, 6) is 0.909. The SMILES string of the molecule is Nc1cccc(NCC2CC2)c1. The molecule has 0 aliphatic heterocycles. The fourth-order valence-corrected chi connectivity index (χ4v) is 1.23. The molecule has 0 radical (unpaired) electrons. The van der Waals surface area contributed by atoms with Crippen molar-refractivity contribution in [3.8, 4) is 0 Å². The van der Waals surface area contributed by atoms with Crippen molar-refractivity contribution in [2.75, 3.05) is 17.6 Å². The molecule has 0 unspecified atom stereocenters. The Morgan fingerprint density at radius 2 is 2.25 bits per heavy atom. The van der Waals surface area contributed by atoms with E-state index in [2.05, 4.69) is 11.4 Å². The van der Waals surface area contributed by atoms with Crippen LogP contribution in [0.1, 0.15) is 12.8 Å². The minimum absolute atomic E-state index is 0.829. The van der Waals surface area contributed by atoms with Gasteiger partial charge in [0.2, 0.25) is 0 Å². The molecule has 0 aromatic heterocycles. The zero-order valence-electron chi connectivity index (χ0n) is 7.09. The second-order valence-electron chi connectivity index (χ2n) is 3.45. The number of anilines is 2. The molecule has 0 amide bonds. The molecule has 0 bridgehead atoms. The molecular weight excluding hydrogens is 148 g/mol. The summed E-state index contributed by atoms with van der Waals surface area (Å²) in [6.07, 6.45) is 2.77. The highest BCUT2D eigenvalue weighted by Gasteiger charge is 2.20. The summed E-state index contributed by atoms with van der Waals surface area (Å²) in [5.41, 5.74) is 7.61. The summed E-state index contributed by atoms with van der Waals surface area (Å²) in [7, 11) is 0. The average molecular weight is 162 g/mol. The monoisotopic (exact) mass is 162 g/mol. The quantitative estimate of drug-likeness (QED) is 0.668. The van der Waals surface area contributed by atoms with E-state index in [-0.39, 0.29) is 0 Å². The van der Waals surface area contributed by atoms with Crippen molar-refractivity contribution in [2.45, 2.75) is 12.8 Å². The molecule has 2 heteroatoms. The molecule has 0 heterocycles. The minimum atomic E-state index is 0.829.